The first-order valence-corrected chi connectivity index (χ1v) is 12.3. The number of rotatable bonds is 8. The highest BCUT2D eigenvalue weighted by Crippen LogP contribution is 2.41. The molecule has 1 aromatic carbocycles. The van der Waals surface area contributed by atoms with Crippen LogP contribution in [-0.4, -0.2) is 54.1 Å². The summed E-state index contributed by atoms with van der Waals surface area (Å²) in [5, 5.41) is 14.9. The van der Waals surface area contributed by atoms with E-state index < -0.39 is 0 Å². The molecule has 1 saturated heterocycles. The molecule has 0 aliphatic carbocycles. The molecule has 190 valence electrons. The fourth-order valence-corrected chi connectivity index (χ4v) is 5.23. The van der Waals surface area contributed by atoms with Crippen LogP contribution >= 0.6 is 12.2 Å². The van der Waals surface area contributed by atoms with E-state index in [1.54, 1.807) is 26.0 Å². The summed E-state index contributed by atoms with van der Waals surface area (Å²) < 4.78 is 9.26. The minimum absolute atomic E-state index is 0.123. The zero-order chi connectivity index (χ0) is 25.9. The topological polar surface area (TPSA) is 102 Å². The van der Waals surface area contributed by atoms with Gasteiger partial charge < -0.3 is 20.3 Å². The Balaban J connectivity index is 1.44. The quantitative estimate of drug-likeness (QED) is 0.344. The van der Waals surface area contributed by atoms with Gasteiger partial charge in [0.2, 0.25) is 5.91 Å². The van der Waals surface area contributed by atoms with Crippen LogP contribution in [0, 0.1) is 13.8 Å². The number of para-hydroxylation sites is 2. The minimum atomic E-state index is -0.180. The highest BCUT2D eigenvalue weighted by Gasteiger charge is 2.41. The molecule has 11 heteroatoms. The number of ether oxygens (including phenoxy) is 1. The third-order valence-electron chi connectivity index (χ3n) is 6.55. The van der Waals surface area contributed by atoms with Crippen molar-refractivity contribution in [3.05, 3.63) is 90.0 Å². The van der Waals surface area contributed by atoms with E-state index in [2.05, 4.69) is 48.4 Å². The lowest BCUT2D eigenvalue weighted by Crippen LogP contribution is -2.33. The van der Waals surface area contributed by atoms with Gasteiger partial charge in [0.25, 0.3) is 0 Å². The lowest BCUT2D eigenvalue weighted by Gasteiger charge is -2.28. The van der Waals surface area contributed by atoms with Gasteiger partial charge in [0.15, 0.2) is 5.11 Å². The second-order valence-corrected chi connectivity index (χ2v) is 9.19. The van der Waals surface area contributed by atoms with Crippen molar-refractivity contribution in [3.63, 3.8) is 0 Å². The number of aromatic nitrogens is 5. The molecule has 4 aromatic rings. The first-order valence-electron chi connectivity index (χ1n) is 11.9. The van der Waals surface area contributed by atoms with Crippen LogP contribution in [0.4, 0.5) is 5.69 Å². The van der Waals surface area contributed by atoms with Gasteiger partial charge in [-0.15, -0.1) is 10.2 Å². The molecular formula is C26H28N8O2S. The largest absolute Gasteiger partial charge is 0.495 e. The first-order chi connectivity index (χ1) is 18.0. The molecule has 2 atom stereocenters. The number of thiocarbonyl (C=S) groups is 1. The monoisotopic (exact) mass is 516 g/mol. The second kappa shape index (κ2) is 10.4. The van der Waals surface area contributed by atoms with Crippen molar-refractivity contribution < 1.29 is 9.53 Å². The Morgan fingerprint density at radius 3 is 2.62 bits per heavy atom. The van der Waals surface area contributed by atoms with E-state index in [9.17, 15) is 4.79 Å². The molecule has 5 rings (SSSR count). The van der Waals surface area contributed by atoms with Gasteiger partial charge in [-0.25, -0.2) is 4.68 Å². The second-order valence-electron chi connectivity index (χ2n) is 8.80. The molecule has 1 aliphatic rings. The van der Waals surface area contributed by atoms with Gasteiger partial charge in [0, 0.05) is 36.1 Å². The molecule has 0 bridgehead atoms. The maximum Gasteiger partial charge on any atom is 0.226 e. The zero-order valence-corrected chi connectivity index (χ0v) is 21.6. The lowest BCUT2D eigenvalue weighted by molar-refractivity contribution is -0.116. The Bertz CT molecular complexity index is 1400. The molecule has 1 aliphatic heterocycles. The number of anilines is 1. The first kappa shape index (κ1) is 24.4. The molecule has 0 saturated carbocycles. The van der Waals surface area contributed by atoms with Crippen molar-refractivity contribution >= 4 is 28.9 Å². The van der Waals surface area contributed by atoms with E-state index in [1.165, 1.54) is 0 Å². The molecule has 3 aromatic heterocycles. The number of carbonyl (C=O) groups excluding carboxylic acids is 1. The smallest absolute Gasteiger partial charge is 0.226 e. The van der Waals surface area contributed by atoms with E-state index in [0.717, 1.165) is 22.6 Å². The number of hydrogen-bond donors (Lipinski definition) is 2. The van der Waals surface area contributed by atoms with Gasteiger partial charge >= 0.3 is 0 Å². The average molecular weight is 517 g/mol. The molecule has 10 nitrogen and oxygen atoms in total. The molecule has 0 radical (unpaired) electrons. The van der Waals surface area contributed by atoms with Gasteiger partial charge in [-0.05, 0) is 56.4 Å². The van der Waals surface area contributed by atoms with E-state index in [1.807, 2.05) is 54.1 Å². The third-order valence-corrected chi connectivity index (χ3v) is 6.90. The lowest BCUT2D eigenvalue weighted by atomic mass is 9.96. The standard InChI is InChI=1S/C26H28N8O2S/c1-17-14-19(18(2)34(17)32-15-28-29-16-32)25-24(21-9-6-7-12-27-21)31-26(37)33(25)13-11-23(35)30-20-8-4-5-10-22(20)36-3/h4-10,12,14-16,24-25H,11,13H2,1-3H3,(H,30,35)(H,31,37)/t24-,25+/m0/s1. The number of hydrogen-bond acceptors (Lipinski definition) is 6. The third kappa shape index (κ3) is 4.77. The minimum Gasteiger partial charge on any atom is -0.495 e. The van der Waals surface area contributed by atoms with Crippen LogP contribution in [0.5, 0.6) is 5.75 Å². The number of benzene rings is 1. The summed E-state index contributed by atoms with van der Waals surface area (Å²) >= 11 is 5.78. The Kier molecular flexibility index (Phi) is 6.87. The summed E-state index contributed by atoms with van der Waals surface area (Å²) in [6, 6.07) is 15.0. The van der Waals surface area contributed by atoms with E-state index in [-0.39, 0.29) is 24.4 Å². The molecule has 0 unspecified atom stereocenters. The maximum atomic E-state index is 12.9. The fraction of sp³-hybridized carbons (Fsp3) is 0.269. The molecular weight excluding hydrogens is 488 g/mol. The average Bonchev–Trinajstić information content (AvgIpc) is 3.61. The number of carbonyl (C=O) groups is 1. The van der Waals surface area contributed by atoms with E-state index >= 15 is 0 Å². The van der Waals surface area contributed by atoms with Crippen molar-refractivity contribution in [3.8, 4) is 5.75 Å². The van der Waals surface area contributed by atoms with Crippen molar-refractivity contribution in [2.24, 2.45) is 0 Å². The van der Waals surface area contributed by atoms with E-state index in [0.29, 0.717) is 23.1 Å². The number of methoxy groups -OCH3 is 1. The predicted molar refractivity (Wildman–Crippen MR) is 143 cm³/mol. The van der Waals surface area contributed by atoms with Crippen LogP contribution in [0.25, 0.3) is 0 Å². The van der Waals surface area contributed by atoms with Crippen molar-refractivity contribution in [1.82, 2.24) is 34.8 Å². The molecule has 1 fully saturated rings. The number of aryl methyl sites for hydroxylation is 1. The van der Waals surface area contributed by atoms with Crippen molar-refractivity contribution in [2.45, 2.75) is 32.4 Å². The highest BCUT2D eigenvalue weighted by atomic mass is 32.1. The molecule has 0 spiro atoms. The Hall–Kier alpha value is -4.25. The summed E-state index contributed by atoms with van der Waals surface area (Å²) in [4.78, 5) is 19.6. The number of amides is 1. The van der Waals surface area contributed by atoms with Crippen LogP contribution in [0.15, 0.2) is 67.4 Å². The fourth-order valence-electron chi connectivity index (χ4n) is 4.90. The van der Waals surface area contributed by atoms with Gasteiger partial charge in [0.05, 0.1) is 30.6 Å². The van der Waals surface area contributed by atoms with E-state index in [4.69, 9.17) is 17.0 Å². The summed E-state index contributed by atoms with van der Waals surface area (Å²) in [5.74, 6) is 0.492. The molecule has 1 amide bonds. The molecule has 2 N–H and O–H groups in total. The molecule has 37 heavy (non-hydrogen) atoms. The number of nitrogens with zero attached hydrogens (tertiary/aromatic N) is 6. The highest BCUT2D eigenvalue weighted by molar-refractivity contribution is 7.80. The van der Waals surface area contributed by atoms with Gasteiger partial charge in [-0.3, -0.25) is 14.5 Å². The SMILES string of the molecule is COc1ccccc1NC(=O)CCN1C(=S)N[C@@H](c2ccccn2)[C@H]1c1cc(C)n(-n2cnnc2)c1C. The normalized spacial score (nSPS) is 17.1. The summed E-state index contributed by atoms with van der Waals surface area (Å²) in [5.41, 5.74) is 4.65. The van der Waals surface area contributed by atoms with Gasteiger partial charge in [0.1, 0.15) is 18.4 Å². The Labute approximate surface area is 220 Å². The van der Waals surface area contributed by atoms with Crippen LogP contribution < -0.4 is 15.4 Å². The molecule has 4 heterocycles. The Morgan fingerprint density at radius 2 is 1.89 bits per heavy atom. The summed E-state index contributed by atoms with van der Waals surface area (Å²) in [6.07, 6.45) is 5.35. The van der Waals surface area contributed by atoms with Crippen LogP contribution in [0.1, 0.15) is 41.1 Å². The number of nitrogens with one attached hydrogen (secondary N) is 2. The zero-order valence-electron chi connectivity index (χ0n) is 20.8. The van der Waals surface area contributed by atoms with Crippen LogP contribution in [0.3, 0.4) is 0 Å². The predicted octanol–water partition coefficient (Wildman–Crippen LogP) is 3.41. The number of pyridine rings is 1. The summed E-state index contributed by atoms with van der Waals surface area (Å²) in [6.45, 7) is 4.53. The maximum absolute atomic E-state index is 12.9. The van der Waals surface area contributed by atoms with Crippen LogP contribution in [-0.2, 0) is 4.79 Å². The van der Waals surface area contributed by atoms with Crippen LogP contribution in [0.2, 0.25) is 0 Å². The van der Waals surface area contributed by atoms with Crippen molar-refractivity contribution in [2.75, 3.05) is 19.0 Å². The Morgan fingerprint density at radius 1 is 1.14 bits per heavy atom. The van der Waals surface area contributed by atoms with Gasteiger partial charge in [-0.1, -0.05) is 18.2 Å². The van der Waals surface area contributed by atoms with Crippen molar-refractivity contribution in [1.29, 1.82) is 0 Å². The summed E-state index contributed by atoms with van der Waals surface area (Å²) in [7, 11) is 1.58. The van der Waals surface area contributed by atoms with Gasteiger partial charge in [-0.2, -0.15) is 0 Å².